The van der Waals surface area contributed by atoms with Crippen LogP contribution in [0, 0.1) is 5.92 Å². The van der Waals surface area contributed by atoms with Crippen LogP contribution >= 0.6 is 0 Å². The molecule has 1 aromatic heterocycles. The van der Waals surface area contributed by atoms with Crippen LogP contribution in [0.3, 0.4) is 0 Å². The van der Waals surface area contributed by atoms with Crippen LogP contribution in [-0.2, 0) is 0 Å². The predicted molar refractivity (Wildman–Crippen MR) is 82.7 cm³/mol. The van der Waals surface area contributed by atoms with Crippen molar-refractivity contribution >= 4 is 6.08 Å². The molecule has 106 valence electrons. The summed E-state index contributed by atoms with van der Waals surface area (Å²) in [6.45, 7) is 6.50. The number of hydrogen-bond donors (Lipinski definition) is 1. The molecule has 20 heavy (non-hydrogen) atoms. The van der Waals surface area contributed by atoms with Crippen molar-refractivity contribution < 1.29 is 0 Å². The molecule has 1 heterocycles. The molecule has 2 rings (SSSR count). The molecule has 0 amide bonds. The highest BCUT2D eigenvalue weighted by atomic mass is 15.4. The van der Waals surface area contributed by atoms with Crippen LogP contribution in [0.4, 0.5) is 0 Å². The first kappa shape index (κ1) is 14.5. The van der Waals surface area contributed by atoms with E-state index >= 15 is 0 Å². The number of benzene rings is 1. The Balaban J connectivity index is 1.89. The monoisotopic (exact) mass is 270 g/mol. The molecule has 4 heteroatoms. The van der Waals surface area contributed by atoms with Gasteiger partial charge in [-0.05, 0) is 43.6 Å². The van der Waals surface area contributed by atoms with Crippen molar-refractivity contribution in [3.05, 3.63) is 48.3 Å². The summed E-state index contributed by atoms with van der Waals surface area (Å²) in [6.07, 6.45) is 7.02. The second-order valence-corrected chi connectivity index (χ2v) is 5.20. The topological polar surface area (TPSA) is 42.7 Å². The maximum atomic E-state index is 4.12. The summed E-state index contributed by atoms with van der Waals surface area (Å²) in [5.41, 5.74) is 2.03. The first-order chi connectivity index (χ1) is 9.77. The normalized spacial score (nSPS) is 11.6. The van der Waals surface area contributed by atoms with Gasteiger partial charge in [0.25, 0.3) is 0 Å². The number of rotatable bonds is 7. The minimum Gasteiger partial charge on any atom is -0.316 e. The Morgan fingerprint density at radius 1 is 1.25 bits per heavy atom. The van der Waals surface area contributed by atoms with Gasteiger partial charge in [0.2, 0.25) is 0 Å². The largest absolute Gasteiger partial charge is 0.316 e. The molecular formula is C16H22N4. The van der Waals surface area contributed by atoms with Gasteiger partial charge in [0.1, 0.15) is 0 Å². The maximum Gasteiger partial charge on any atom is 0.0868 e. The van der Waals surface area contributed by atoms with Crippen LogP contribution in [0.25, 0.3) is 11.8 Å². The molecule has 0 atom stereocenters. The summed E-state index contributed by atoms with van der Waals surface area (Å²) in [5.74, 6) is 0.697. The summed E-state index contributed by atoms with van der Waals surface area (Å²) in [4.78, 5) is 0. The fraction of sp³-hybridized carbons (Fsp3) is 0.375. The van der Waals surface area contributed by atoms with E-state index < -0.39 is 0 Å². The fourth-order valence-electron chi connectivity index (χ4n) is 1.91. The SMILES string of the molecule is CC(C)CNCC/C=C/c1cnnn1-c1ccccc1. The summed E-state index contributed by atoms with van der Waals surface area (Å²) >= 11 is 0. The van der Waals surface area contributed by atoms with Crippen LogP contribution in [-0.4, -0.2) is 28.1 Å². The van der Waals surface area contributed by atoms with Gasteiger partial charge in [0.15, 0.2) is 0 Å². The van der Waals surface area contributed by atoms with Crippen molar-refractivity contribution in [1.29, 1.82) is 0 Å². The van der Waals surface area contributed by atoms with Crippen molar-refractivity contribution in [1.82, 2.24) is 20.3 Å². The molecule has 0 unspecified atom stereocenters. The average molecular weight is 270 g/mol. The Kier molecular flexibility index (Phi) is 5.50. The average Bonchev–Trinajstić information content (AvgIpc) is 2.92. The van der Waals surface area contributed by atoms with Gasteiger partial charge in [-0.25, -0.2) is 4.68 Å². The zero-order valence-corrected chi connectivity index (χ0v) is 12.2. The number of hydrogen-bond acceptors (Lipinski definition) is 3. The highest BCUT2D eigenvalue weighted by molar-refractivity contribution is 5.47. The van der Waals surface area contributed by atoms with E-state index in [2.05, 4.69) is 41.6 Å². The lowest BCUT2D eigenvalue weighted by atomic mass is 10.2. The van der Waals surface area contributed by atoms with Gasteiger partial charge in [-0.1, -0.05) is 43.3 Å². The van der Waals surface area contributed by atoms with Gasteiger partial charge < -0.3 is 5.32 Å². The molecular weight excluding hydrogens is 248 g/mol. The fourth-order valence-corrected chi connectivity index (χ4v) is 1.91. The Morgan fingerprint density at radius 2 is 2.05 bits per heavy atom. The molecule has 0 aliphatic carbocycles. The van der Waals surface area contributed by atoms with Crippen LogP contribution in [0.5, 0.6) is 0 Å². The molecule has 0 aliphatic rings. The van der Waals surface area contributed by atoms with E-state index in [0.717, 1.165) is 30.9 Å². The van der Waals surface area contributed by atoms with Crippen LogP contribution < -0.4 is 5.32 Å². The van der Waals surface area contributed by atoms with Crippen molar-refractivity contribution in [2.75, 3.05) is 13.1 Å². The van der Waals surface area contributed by atoms with Crippen molar-refractivity contribution in [3.8, 4) is 5.69 Å². The molecule has 1 N–H and O–H groups in total. The van der Waals surface area contributed by atoms with E-state index in [1.807, 2.05) is 35.0 Å². The Hall–Kier alpha value is -1.94. The molecule has 0 fully saturated rings. The van der Waals surface area contributed by atoms with Crippen molar-refractivity contribution in [2.24, 2.45) is 5.92 Å². The summed E-state index contributed by atoms with van der Waals surface area (Å²) in [5, 5.41) is 11.5. The first-order valence-corrected chi connectivity index (χ1v) is 7.11. The summed E-state index contributed by atoms with van der Waals surface area (Å²) < 4.78 is 1.85. The van der Waals surface area contributed by atoms with Crippen molar-refractivity contribution in [2.45, 2.75) is 20.3 Å². The lowest BCUT2D eigenvalue weighted by Crippen LogP contribution is -2.20. The molecule has 0 spiro atoms. The third kappa shape index (κ3) is 4.31. The van der Waals surface area contributed by atoms with E-state index in [1.165, 1.54) is 0 Å². The second-order valence-electron chi connectivity index (χ2n) is 5.20. The Labute approximate surface area is 120 Å². The lowest BCUT2D eigenvalue weighted by Gasteiger charge is -2.05. The molecule has 0 aliphatic heterocycles. The van der Waals surface area contributed by atoms with Gasteiger partial charge >= 0.3 is 0 Å². The van der Waals surface area contributed by atoms with Gasteiger partial charge in [0.05, 0.1) is 17.6 Å². The van der Waals surface area contributed by atoms with Gasteiger partial charge in [0, 0.05) is 0 Å². The highest BCUT2D eigenvalue weighted by Gasteiger charge is 2.01. The van der Waals surface area contributed by atoms with Gasteiger partial charge in [-0.15, -0.1) is 5.10 Å². The highest BCUT2D eigenvalue weighted by Crippen LogP contribution is 2.10. The maximum absolute atomic E-state index is 4.12. The van der Waals surface area contributed by atoms with Crippen LogP contribution in [0.1, 0.15) is 26.0 Å². The number of nitrogens with one attached hydrogen (secondary N) is 1. The van der Waals surface area contributed by atoms with E-state index in [0.29, 0.717) is 5.92 Å². The Bertz CT molecular complexity index is 528. The van der Waals surface area contributed by atoms with Crippen LogP contribution in [0.2, 0.25) is 0 Å². The van der Waals surface area contributed by atoms with Crippen molar-refractivity contribution in [3.63, 3.8) is 0 Å². The molecule has 0 radical (unpaired) electrons. The van der Waals surface area contributed by atoms with E-state index in [9.17, 15) is 0 Å². The molecule has 0 bridgehead atoms. The third-order valence-electron chi connectivity index (χ3n) is 2.91. The molecule has 1 aromatic carbocycles. The quantitative estimate of drug-likeness (QED) is 0.787. The number of para-hydroxylation sites is 1. The van der Waals surface area contributed by atoms with Gasteiger partial charge in [-0.3, -0.25) is 0 Å². The van der Waals surface area contributed by atoms with Gasteiger partial charge in [-0.2, -0.15) is 0 Å². The van der Waals surface area contributed by atoms with E-state index in [-0.39, 0.29) is 0 Å². The second kappa shape index (κ2) is 7.60. The minimum absolute atomic E-state index is 0.697. The standard InChI is InChI=1S/C16H22N4/c1-14(2)12-17-11-7-6-10-16-13-18-19-20(16)15-8-4-3-5-9-15/h3-6,8-10,13-14,17H,7,11-12H2,1-2H3/b10-6+. The van der Waals surface area contributed by atoms with E-state index in [4.69, 9.17) is 0 Å². The number of aromatic nitrogens is 3. The lowest BCUT2D eigenvalue weighted by molar-refractivity contribution is 0.557. The zero-order chi connectivity index (χ0) is 14.2. The van der Waals surface area contributed by atoms with Crippen LogP contribution in [0.15, 0.2) is 42.6 Å². The third-order valence-corrected chi connectivity index (χ3v) is 2.91. The molecule has 0 saturated carbocycles. The summed E-state index contributed by atoms with van der Waals surface area (Å²) in [7, 11) is 0. The predicted octanol–water partition coefficient (Wildman–Crippen LogP) is 2.92. The smallest absolute Gasteiger partial charge is 0.0868 e. The first-order valence-electron chi connectivity index (χ1n) is 7.11. The molecule has 2 aromatic rings. The molecule has 4 nitrogen and oxygen atoms in total. The summed E-state index contributed by atoms with van der Waals surface area (Å²) in [6, 6.07) is 10.0. The number of nitrogens with zero attached hydrogens (tertiary/aromatic N) is 3. The Morgan fingerprint density at radius 3 is 2.80 bits per heavy atom. The minimum atomic E-state index is 0.697. The zero-order valence-electron chi connectivity index (χ0n) is 12.2. The van der Waals surface area contributed by atoms with E-state index in [1.54, 1.807) is 6.20 Å². The molecule has 0 saturated heterocycles.